The summed E-state index contributed by atoms with van der Waals surface area (Å²) in [7, 11) is 0. The minimum atomic E-state index is -0.0393. The van der Waals surface area contributed by atoms with Crippen LogP contribution in [0.15, 0.2) is 0 Å². The van der Waals surface area contributed by atoms with Crippen LogP contribution in [-0.2, 0) is 9.59 Å². The van der Waals surface area contributed by atoms with Crippen LogP contribution < -0.4 is 5.73 Å². The van der Waals surface area contributed by atoms with Gasteiger partial charge in [-0.3, -0.25) is 9.59 Å². The molecule has 0 saturated heterocycles. The molecule has 6 atom stereocenters. The summed E-state index contributed by atoms with van der Waals surface area (Å²) >= 11 is 0. The summed E-state index contributed by atoms with van der Waals surface area (Å²) in [4.78, 5) is 24.5. The quantitative estimate of drug-likeness (QED) is 0.848. The highest BCUT2D eigenvalue weighted by Gasteiger charge is 2.61. The van der Waals surface area contributed by atoms with E-state index in [0.29, 0.717) is 40.7 Å². The lowest BCUT2D eigenvalue weighted by Gasteiger charge is -2.60. The normalized spacial score (nSPS) is 49.5. The number of fused-ring (bicyclic) bond motifs is 5. The first-order valence-electron chi connectivity index (χ1n) is 9.76. The van der Waals surface area contributed by atoms with Crippen molar-refractivity contribution >= 4 is 11.6 Å². The molecule has 4 rings (SSSR count). The lowest BCUT2D eigenvalue weighted by molar-refractivity contribution is -0.147. The summed E-state index contributed by atoms with van der Waals surface area (Å²) in [6, 6.07) is 0. The highest BCUT2D eigenvalue weighted by molar-refractivity contribution is 5.87. The van der Waals surface area contributed by atoms with Gasteiger partial charge in [-0.2, -0.15) is 0 Å². The van der Waals surface area contributed by atoms with Gasteiger partial charge in [-0.25, -0.2) is 0 Å². The predicted molar refractivity (Wildman–Crippen MR) is 89.7 cm³/mol. The molecule has 4 aliphatic carbocycles. The van der Waals surface area contributed by atoms with Crippen molar-refractivity contribution in [3.63, 3.8) is 0 Å². The van der Waals surface area contributed by atoms with Gasteiger partial charge in [0.1, 0.15) is 11.6 Å². The van der Waals surface area contributed by atoms with Crippen LogP contribution in [0.4, 0.5) is 0 Å². The Morgan fingerprint density at radius 3 is 2.65 bits per heavy atom. The maximum Gasteiger partial charge on any atom is 0.139 e. The van der Waals surface area contributed by atoms with Crippen LogP contribution in [0.3, 0.4) is 0 Å². The standard InChI is InChI=1S/C20H31NO2/c1-19-8-7-17-15(16(19)4-5-18(19)23)3-2-13-12-14(22)6-9-20(13,17)10-11-21/h13,15-17H,2-12,21H2,1H3/t13?,15-,16-,17-,19-,20?/m0/s1. The van der Waals surface area contributed by atoms with E-state index >= 15 is 0 Å². The summed E-state index contributed by atoms with van der Waals surface area (Å²) in [5.74, 6) is 3.57. The number of nitrogens with two attached hydrogens (primary N) is 1. The van der Waals surface area contributed by atoms with E-state index in [2.05, 4.69) is 6.92 Å². The molecule has 4 saturated carbocycles. The first-order valence-corrected chi connectivity index (χ1v) is 9.76. The number of rotatable bonds is 2. The molecule has 0 aromatic rings. The zero-order chi connectivity index (χ0) is 16.2. The van der Waals surface area contributed by atoms with Gasteiger partial charge in [0.05, 0.1) is 0 Å². The summed E-state index contributed by atoms with van der Waals surface area (Å²) in [6.07, 6.45) is 10.3. The molecule has 0 spiro atoms. The number of carbonyl (C=O) groups is 2. The summed E-state index contributed by atoms with van der Waals surface area (Å²) < 4.78 is 0. The van der Waals surface area contributed by atoms with Gasteiger partial charge in [-0.05, 0) is 80.6 Å². The van der Waals surface area contributed by atoms with Crippen LogP contribution in [0.25, 0.3) is 0 Å². The molecule has 128 valence electrons. The molecular weight excluding hydrogens is 286 g/mol. The van der Waals surface area contributed by atoms with E-state index in [1.165, 1.54) is 19.3 Å². The van der Waals surface area contributed by atoms with Crippen molar-refractivity contribution in [1.29, 1.82) is 0 Å². The number of Topliss-reactive ketones (excluding diaryl/α,β-unsaturated/α-hetero) is 2. The maximum atomic E-state index is 12.5. The number of carbonyl (C=O) groups excluding carboxylic acids is 2. The SMILES string of the molecule is C[C@]12CC[C@H]3[C@@H](CCC4CC(=O)CCC43CCN)[C@@H]1CCC2=O. The van der Waals surface area contributed by atoms with Crippen molar-refractivity contribution in [3.05, 3.63) is 0 Å². The van der Waals surface area contributed by atoms with E-state index < -0.39 is 0 Å². The van der Waals surface area contributed by atoms with Crippen molar-refractivity contribution in [2.45, 2.75) is 71.1 Å². The molecule has 4 fully saturated rings. The monoisotopic (exact) mass is 317 g/mol. The number of ketones is 2. The van der Waals surface area contributed by atoms with Crippen LogP contribution in [0.5, 0.6) is 0 Å². The second-order valence-corrected chi connectivity index (χ2v) is 9.08. The third kappa shape index (κ3) is 2.11. The Balaban J connectivity index is 1.68. The van der Waals surface area contributed by atoms with Crippen LogP contribution in [-0.4, -0.2) is 18.1 Å². The van der Waals surface area contributed by atoms with Crippen molar-refractivity contribution in [2.75, 3.05) is 6.54 Å². The largest absolute Gasteiger partial charge is 0.330 e. The topological polar surface area (TPSA) is 60.2 Å². The second-order valence-electron chi connectivity index (χ2n) is 9.08. The van der Waals surface area contributed by atoms with Gasteiger partial charge in [-0.1, -0.05) is 6.92 Å². The molecule has 4 aliphatic rings. The third-order valence-corrected chi connectivity index (χ3v) is 8.50. The van der Waals surface area contributed by atoms with Crippen LogP contribution >= 0.6 is 0 Å². The molecule has 0 heterocycles. The van der Waals surface area contributed by atoms with Gasteiger partial charge in [0.2, 0.25) is 0 Å². The average Bonchev–Trinajstić information content (AvgIpc) is 2.84. The van der Waals surface area contributed by atoms with E-state index in [1.807, 2.05) is 0 Å². The molecule has 0 aromatic heterocycles. The van der Waals surface area contributed by atoms with Crippen molar-refractivity contribution in [2.24, 2.45) is 40.2 Å². The van der Waals surface area contributed by atoms with Gasteiger partial charge in [0.15, 0.2) is 0 Å². The Labute approximate surface area is 139 Å². The lowest BCUT2D eigenvalue weighted by Crippen LogP contribution is -2.55. The van der Waals surface area contributed by atoms with Gasteiger partial charge in [0.25, 0.3) is 0 Å². The fraction of sp³-hybridized carbons (Fsp3) is 0.900. The molecular formula is C20H31NO2. The molecule has 0 aromatic carbocycles. The molecule has 0 radical (unpaired) electrons. The highest BCUT2D eigenvalue weighted by atomic mass is 16.1. The van der Waals surface area contributed by atoms with Crippen LogP contribution in [0, 0.1) is 34.5 Å². The Bertz CT molecular complexity index is 530. The van der Waals surface area contributed by atoms with E-state index in [4.69, 9.17) is 5.73 Å². The molecule has 0 amide bonds. The Kier molecular flexibility index (Phi) is 3.71. The van der Waals surface area contributed by atoms with E-state index in [0.717, 1.165) is 51.5 Å². The first kappa shape index (κ1) is 15.8. The minimum Gasteiger partial charge on any atom is -0.330 e. The smallest absolute Gasteiger partial charge is 0.139 e. The third-order valence-electron chi connectivity index (χ3n) is 8.50. The molecule has 0 aliphatic heterocycles. The predicted octanol–water partition coefficient (Wildman–Crippen LogP) is 3.50. The van der Waals surface area contributed by atoms with Gasteiger partial charge < -0.3 is 5.73 Å². The zero-order valence-electron chi connectivity index (χ0n) is 14.5. The number of hydrogen-bond acceptors (Lipinski definition) is 3. The van der Waals surface area contributed by atoms with Crippen molar-refractivity contribution in [3.8, 4) is 0 Å². The first-order chi connectivity index (χ1) is 11.0. The molecule has 3 nitrogen and oxygen atoms in total. The summed E-state index contributed by atoms with van der Waals surface area (Å²) in [5, 5.41) is 0. The molecule has 2 unspecified atom stereocenters. The van der Waals surface area contributed by atoms with Crippen molar-refractivity contribution in [1.82, 2.24) is 0 Å². The van der Waals surface area contributed by atoms with Crippen LogP contribution in [0.1, 0.15) is 71.1 Å². The Hall–Kier alpha value is -0.700. The zero-order valence-corrected chi connectivity index (χ0v) is 14.5. The summed E-state index contributed by atoms with van der Waals surface area (Å²) in [5.41, 5.74) is 6.30. The second kappa shape index (κ2) is 5.40. The van der Waals surface area contributed by atoms with Gasteiger partial charge in [0, 0.05) is 24.7 Å². The molecule has 0 bridgehead atoms. The Morgan fingerprint density at radius 2 is 1.87 bits per heavy atom. The van der Waals surface area contributed by atoms with Gasteiger partial charge >= 0.3 is 0 Å². The average molecular weight is 317 g/mol. The van der Waals surface area contributed by atoms with E-state index in [1.54, 1.807) is 0 Å². The van der Waals surface area contributed by atoms with E-state index in [-0.39, 0.29) is 5.41 Å². The van der Waals surface area contributed by atoms with E-state index in [9.17, 15) is 9.59 Å². The molecule has 2 N–H and O–H groups in total. The maximum absolute atomic E-state index is 12.5. The summed E-state index contributed by atoms with van der Waals surface area (Å²) in [6.45, 7) is 2.99. The molecule has 23 heavy (non-hydrogen) atoms. The number of hydrogen-bond donors (Lipinski definition) is 1. The fourth-order valence-electron chi connectivity index (χ4n) is 7.39. The fourth-order valence-corrected chi connectivity index (χ4v) is 7.39. The van der Waals surface area contributed by atoms with Crippen LogP contribution in [0.2, 0.25) is 0 Å². The van der Waals surface area contributed by atoms with Crippen molar-refractivity contribution < 1.29 is 9.59 Å². The Morgan fingerprint density at radius 1 is 1.04 bits per heavy atom. The minimum absolute atomic E-state index is 0.0393. The highest BCUT2D eigenvalue weighted by Crippen LogP contribution is 2.66. The van der Waals surface area contributed by atoms with Gasteiger partial charge in [-0.15, -0.1) is 0 Å². The lowest BCUT2D eigenvalue weighted by atomic mass is 9.44. The molecule has 3 heteroatoms.